The summed E-state index contributed by atoms with van der Waals surface area (Å²) in [6.45, 7) is 5.75. The number of carbonyl (C=O) groups is 4. The molecule has 0 aromatic carbocycles. The average Bonchev–Trinajstić information content (AvgIpc) is 3.31. The van der Waals surface area contributed by atoms with E-state index >= 15 is 0 Å². The Balaban J connectivity index is 2.78. The topological polar surface area (TPSA) is 175 Å². The first kappa shape index (κ1) is 61.2. The Kier molecular flexibility index (Phi) is 39.7. The van der Waals surface area contributed by atoms with Crippen molar-refractivity contribution in [2.75, 3.05) is 13.2 Å². The molecule has 0 saturated carbocycles. The van der Waals surface area contributed by atoms with Crippen molar-refractivity contribution in [3.05, 3.63) is 72.9 Å². The van der Waals surface area contributed by atoms with Crippen molar-refractivity contribution in [1.82, 2.24) is 0 Å². The molecule has 3 N–H and O–H groups in total. The molecule has 12 nitrogen and oxygen atoms in total. The minimum Gasteiger partial charge on any atom is -0.479 e. The summed E-state index contributed by atoms with van der Waals surface area (Å²) >= 11 is 0. The maximum atomic E-state index is 13.0. The van der Waals surface area contributed by atoms with Crippen LogP contribution in [0.15, 0.2) is 72.9 Å². The summed E-state index contributed by atoms with van der Waals surface area (Å²) < 4.78 is 28.1. The predicted molar refractivity (Wildman–Crippen MR) is 266 cm³/mol. The molecule has 1 heterocycles. The highest BCUT2D eigenvalue weighted by Gasteiger charge is 2.50. The Hall–Kier alpha value is -3.84. The number of aliphatic hydroxyl groups excluding tert-OH is 2. The summed E-state index contributed by atoms with van der Waals surface area (Å²) in [4.78, 5) is 50.7. The van der Waals surface area contributed by atoms with E-state index in [0.29, 0.717) is 19.3 Å². The predicted octanol–water partition coefficient (Wildman–Crippen LogP) is 12.2. The van der Waals surface area contributed by atoms with Crippen molar-refractivity contribution in [3.8, 4) is 0 Å². The lowest BCUT2D eigenvalue weighted by Crippen LogP contribution is -2.61. The SMILES string of the molecule is CC/C=C\C/C=C\C/C=C\C/C=C\C/C=C\CC(=O)OC1C(OCC(COC(=O)CCCCCCC/C=C\CCCCCC)OC(=O)CCCCCCCCCCC)OC(C(=O)O)C(O)C1O. The molecule has 1 rings (SSSR count). The van der Waals surface area contributed by atoms with E-state index in [4.69, 9.17) is 23.7 Å². The molecule has 67 heavy (non-hydrogen) atoms. The van der Waals surface area contributed by atoms with Crippen molar-refractivity contribution in [2.24, 2.45) is 0 Å². The van der Waals surface area contributed by atoms with Crippen LogP contribution in [0.4, 0.5) is 0 Å². The zero-order chi connectivity index (χ0) is 49.0. The van der Waals surface area contributed by atoms with Crippen LogP contribution in [-0.4, -0.2) is 89.2 Å². The fraction of sp³-hybridized carbons (Fsp3) is 0.709. The molecule has 382 valence electrons. The monoisotopic (exact) mass is 943 g/mol. The molecule has 0 bridgehead atoms. The minimum absolute atomic E-state index is 0.150. The van der Waals surface area contributed by atoms with E-state index < -0.39 is 67.3 Å². The second-order valence-corrected chi connectivity index (χ2v) is 17.4. The van der Waals surface area contributed by atoms with Gasteiger partial charge in [0.05, 0.1) is 13.0 Å². The summed E-state index contributed by atoms with van der Waals surface area (Å²) in [6, 6.07) is 0. The van der Waals surface area contributed by atoms with Gasteiger partial charge in [-0.15, -0.1) is 0 Å². The number of hydrogen-bond donors (Lipinski definition) is 3. The Bertz CT molecular complexity index is 1450. The van der Waals surface area contributed by atoms with Crippen LogP contribution >= 0.6 is 0 Å². The number of unbranched alkanes of at least 4 members (excludes halogenated alkanes) is 17. The number of allylic oxidation sites excluding steroid dienone is 11. The molecule has 0 amide bonds. The van der Waals surface area contributed by atoms with Crippen LogP contribution in [-0.2, 0) is 42.9 Å². The van der Waals surface area contributed by atoms with E-state index in [0.717, 1.165) is 83.5 Å². The lowest BCUT2D eigenvalue weighted by atomic mass is 9.98. The van der Waals surface area contributed by atoms with Crippen LogP contribution in [0.2, 0.25) is 0 Å². The van der Waals surface area contributed by atoms with Crippen LogP contribution < -0.4 is 0 Å². The normalized spacial score (nSPS) is 19.4. The molecule has 1 aliphatic heterocycles. The molecule has 0 spiro atoms. The van der Waals surface area contributed by atoms with E-state index in [-0.39, 0.29) is 25.9 Å². The molecular weight excluding hydrogens is 853 g/mol. The number of carbonyl (C=O) groups excluding carboxylic acids is 3. The van der Waals surface area contributed by atoms with Gasteiger partial charge in [-0.1, -0.05) is 184 Å². The Morgan fingerprint density at radius 2 is 0.985 bits per heavy atom. The van der Waals surface area contributed by atoms with Gasteiger partial charge in [-0.3, -0.25) is 14.4 Å². The largest absolute Gasteiger partial charge is 0.479 e. The minimum atomic E-state index is -1.93. The van der Waals surface area contributed by atoms with Gasteiger partial charge in [-0.2, -0.15) is 0 Å². The number of ether oxygens (including phenoxy) is 5. The van der Waals surface area contributed by atoms with Gasteiger partial charge in [-0.05, 0) is 70.6 Å². The van der Waals surface area contributed by atoms with Crippen LogP contribution in [0.5, 0.6) is 0 Å². The molecule has 6 unspecified atom stereocenters. The van der Waals surface area contributed by atoms with Gasteiger partial charge in [0.1, 0.15) is 18.8 Å². The quantitative estimate of drug-likeness (QED) is 0.0229. The molecule has 0 aromatic rings. The number of hydrogen-bond acceptors (Lipinski definition) is 11. The van der Waals surface area contributed by atoms with Crippen molar-refractivity contribution in [2.45, 2.75) is 237 Å². The third-order valence-electron chi connectivity index (χ3n) is 11.3. The summed E-state index contributed by atoms with van der Waals surface area (Å²) in [5, 5.41) is 31.3. The zero-order valence-electron chi connectivity index (χ0n) is 41.6. The Morgan fingerprint density at radius 3 is 1.51 bits per heavy atom. The van der Waals surface area contributed by atoms with Crippen LogP contribution in [0.3, 0.4) is 0 Å². The number of carboxylic acid groups (broad SMARTS) is 1. The zero-order valence-corrected chi connectivity index (χ0v) is 41.6. The molecule has 1 aliphatic rings. The first-order valence-corrected chi connectivity index (χ1v) is 25.9. The lowest BCUT2D eigenvalue weighted by molar-refractivity contribution is -0.301. The molecule has 1 fully saturated rings. The van der Waals surface area contributed by atoms with Crippen molar-refractivity contribution >= 4 is 23.9 Å². The fourth-order valence-corrected chi connectivity index (χ4v) is 7.32. The van der Waals surface area contributed by atoms with E-state index in [2.05, 4.69) is 69.4 Å². The van der Waals surface area contributed by atoms with Crippen molar-refractivity contribution in [1.29, 1.82) is 0 Å². The second-order valence-electron chi connectivity index (χ2n) is 17.4. The molecule has 0 aliphatic carbocycles. The Morgan fingerprint density at radius 1 is 0.522 bits per heavy atom. The fourth-order valence-electron chi connectivity index (χ4n) is 7.32. The standard InChI is InChI=1S/C55H90O12/c1-4-7-10-13-16-19-21-23-24-26-28-31-34-37-40-43-49(58)66-53-51(60)50(59)52(54(61)62)67-55(53)64-45-46(65-48(57)42-39-36-33-29-18-15-12-9-6-3)44-63-47(56)41-38-35-32-30-27-25-22-20-17-14-11-8-5-2/h7,10,16,19-20,22-24,28,31,37,40,46,50-53,55,59-60H,4-6,8-9,11-15,17-18,21,25-27,29-30,32-36,38-39,41-45H2,1-3H3,(H,61,62)/b10-7-,19-16-,22-20-,24-23-,31-28-,40-37-. The molecule has 0 radical (unpaired) electrons. The summed E-state index contributed by atoms with van der Waals surface area (Å²) in [7, 11) is 0. The maximum Gasteiger partial charge on any atom is 0.335 e. The van der Waals surface area contributed by atoms with Crippen LogP contribution in [0.25, 0.3) is 0 Å². The van der Waals surface area contributed by atoms with Gasteiger partial charge in [-0.25, -0.2) is 4.79 Å². The van der Waals surface area contributed by atoms with E-state index in [1.807, 2.05) is 12.2 Å². The van der Waals surface area contributed by atoms with Gasteiger partial charge in [0, 0.05) is 12.8 Å². The molecule has 6 atom stereocenters. The first-order valence-electron chi connectivity index (χ1n) is 25.9. The third kappa shape index (κ3) is 34.2. The maximum absolute atomic E-state index is 13.0. The van der Waals surface area contributed by atoms with Gasteiger partial charge < -0.3 is 39.0 Å². The number of rotatable bonds is 42. The summed E-state index contributed by atoms with van der Waals surface area (Å²) in [6.07, 6.45) is 40.7. The molecule has 12 heteroatoms. The van der Waals surface area contributed by atoms with Crippen molar-refractivity contribution in [3.63, 3.8) is 0 Å². The number of carboxylic acids is 1. The summed E-state index contributed by atoms with van der Waals surface area (Å²) in [5.41, 5.74) is 0. The van der Waals surface area contributed by atoms with Gasteiger partial charge in [0.15, 0.2) is 24.6 Å². The van der Waals surface area contributed by atoms with Gasteiger partial charge in [0.25, 0.3) is 0 Å². The van der Waals surface area contributed by atoms with E-state index in [1.54, 1.807) is 12.2 Å². The smallest absolute Gasteiger partial charge is 0.335 e. The van der Waals surface area contributed by atoms with Gasteiger partial charge >= 0.3 is 23.9 Å². The van der Waals surface area contributed by atoms with E-state index in [9.17, 15) is 34.5 Å². The van der Waals surface area contributed by atoms with Crippen LogP contribution in [0, 0.1) is 0 Å². The van der Waals surface area contributed by atoms with Gasteiger partial charge in [0.2, 0.25) is 0 Å². The highest BCUT2D eigenvalue weighted by atomic mass is 16.7. The molecular formula is C55H90O12. The first-order chi connectivity index (χ1) is 32.6. The molecule has 1 saturated heterocycles. The van der Waals surface area contributed by atoms with Crippen LogP contribution in [0.1, 0.15) is 201 Å². The van der Waals surface area contributed by atoms with E-state index in [1.165, 1.54) is 57.8 Å². The Labute approximate surface area is 404 Å². The lowest BCUT2D eigenvalue weighted by Gasteiger charge is -2.40. The highest BCUT2D eigenvalue weighted by Crippen LogP contribution is 2.26. The molecule has 0 aromatic heterocycles. The second kappa shape index (κ2) is 43.4. The average molecular weight is 943 g/mol. The summed E-state index contributed by atoms with van der Waals surface area (Å²) in [5.74, 6) is -3.30. The number of esters is 3. The number of aliphatic hydroxyl groups is 2. The highest BCUT2D eigenvalue weighted by molar-refractivity contribution is 5.74. The van der Waals surface area contributed by atoms with Crippen molar-refractivity contribution < 1.29 is 58.2 Å². The third-order valence-corrected chi connectivity index (χ3v) is 11.3. The number of aliphatic carboxylic acids is 1.